The molecule has 0 saturated carbocycles. The molecule has 0 aliphatic heterocycles. The van der Waals surface area contributed by atoms with Gasteiger partial charge in [-0.05, 0) is 72.1 Å². The molecule has 190 valence electrons. The highest BCUT2D eigenvalue weighted by atomic mass is 35.5. The minimum absolute atomic E-state index is 0.00955. The molecule has 1 aromatic heterocycles. The third kappa shape index (κ3) is 7.01. The SMILES string of the molecule is COC[C@H](Cc1ccc(O)cc1)NC(=O)c1cc(C(=O)O)c2cc(CSc3ccc(Cl)cc3)ccc2n1. The number of hydrogen-bond acceptors (Lipinski definition) is 6. The lowest BCUT2D eigenvalue weighted by Crippen LogP contribution is -2.40. The molecular formula is C28H25ClN2O5S. The first-order valence-electron chi connectivity index (χ1n) is 11.5. The maximum absolute atomic E-state index is 13.1. The second kappa shape index (κ2) is 12.1. The zero-order valence-corrected chi connectivity index (χ0v) is 21.6. The van der Waals surface area contributed by atoms with Gasteiger partial charge in [0.05, 0.1) is 23.7 Å². The molecule has 7 nitrogen and oxygen atoms in total. The van der Waals surface area contributed by atoms with Gasteiger partial charge in [-0.2, -0.15) is 0 Å². The van der Waals surface area contributed by atoms with Gasteiger partial charge in [0.25, 0.3) is 5.91 Å². The number of methoxy groups -OCH3 is 1. The number of fused-ring (bicyclic) bond motifs is 1. The van der Waals surface area contributed by atoms with Crippen molar-refractivity contribution in [3.8, 4) is 5.75 Å². The number of carboxylic acids is 1. The minimum Gasteiger partial charge on any atom is -0.508 e. The summed E-state index contributed by atoms with van der Waals surface area (Å²) in [5.41, 5.74) is 2.28. The maximum Gasteiger partial charge on any atom is 0.336 e. The molecular weight excluding hydrogens is 512 g/mol. The molecule has 3 aromatic carbocycles. The fourth-order valence-electron chi connectivity index (χ4n) is 3.88. The summed E-state index contributed by atoms with van der Waals surface area (Å²) < 4.78 is 5.26. The summed E-state index contributed by atoms with van der Waals surface area (Å²) >= 11 is 7.56. The summed E-state index contributed by atoms with van der Waals surface area (Å²) in [6.45, 7) is 0.251. The molecule has 0 radical (unpaired) electrons. The normalized spacial score (nSPS) is 11.8. The van der Waals surface area contributed by atoms with Crippen LogP contribution in [0.5, 0.6) is 5.75 Å². The first-order chi connectivity index (χ1) is 17.8. The average Bonchev–Trinajstić information content (AvgIpc) is 2.89. The number of benzene rings is 3. The standard InChI is InChI=1S/C28H25ClN2O5S/c1-36-15-20(12-17-2-7-21(32)8-3-17)30-27(33)26-14-24(28(34)35)23-13-18(4-11-25(23)31-26)16-37-22-9-5-19(29)6-10-22/h2-11,13-14,20,32H,12,15-16H2,1H3,(H,30,33)(H,34,35)/t20-/m0/s1. The van der Waals surface area contributed by atoms with Gasteiger partial charge in [-0.25, -0.2) is 9.78 Å². The van der Waals surface area contributed by atoms with Crippen LogP contribution < -0.4 is 5.32 Å². The van der Waals surface area contributed by atoms with Crippen molar-refractivity contribution in [1.29, 1.82) is 0 Å². The fraction of sp³-hybridized carbons (Fsp3) is 0.179. The number of rotatable bonds is 10. The lowest BCUT2D eigenvalue weighted by molar-refractivity contribution is 0.0699. The number of phenols is 1. The Labute approximate surface area is 223 Å². The number of carboxylic acid groups (broad SMARTS) is 1. The molecule has 4 aromatic rings. The van der Waals surface area contributed by atoms with E-state index in [-0.39, 0.29) is 29.7 Å². The summed E-state index contributed by atoms with van der Waals surface area (Å²) in [5.74, 6) is -0.840. The number of aromatic hydroxyl groups is 1. The molecule has 37 heavy (non-hydrogen) atoms. The highest BCUT2D eigenvalue weighted by Gasteiger charge is 2.20. The summed E-state index contributed by atoms with van der Waals surface area (Å²) in [5, 5.41) is 23.4. The van der Waals surface area contributed by atoms with Crippen LogP contribution in [0.2, 0.25) is 5.02 Å². The first kappa shape index (κ1) is 26.5. The summed E-state index contributed by atoms with van der Waals surface area (Å²) in [4.78, 5) is 30.7. The van der Waals surface area contributed by atoms with Crippen LogP contribution in [-0.4, -0.2) is 46.8 Å². The summed E-state index contributed by atoms with van der Waals surface area (Å²) in [6, 6.07) is 20.5. The quantitative estimate of drug-likeness (QED) is 0.227. The second-order valence-electron chi connectivity index (χ2n) is 8.45. The van der Waals surface area contributed by atoms with Crippen molar-refractivity contribution in [3.05, 3.63) is 100 Å². The monoisotopic (exact) mass is 536 g/mol. The number of phenolic OH excluding ortho intramolecular Hbond substituents is 1. The van der Waals surface area contributed by atoms with Crippen LogP contribution in [0.1, 0.15) is 32.0 Å². The largest absolute Gasteiger partial charge is 0.508 e. The highest BCUT2D eigenvalue weighted by Crippen LogP contribution is 2.27. The number of ether oxygens (including phenoxy) is 1. The fourth-order valence-corrected chi connectivity index (χ4v) is 4.85. The van der Waals surface area contributed by atoms with Crippen LogP contribution >= 0.6 is 23.4 Å². The topological polar surface area (TPSA) is 109 Å². The van der Waals surface area contributed by atoms with E-state index in [0.717, 1.165) is 16.0 Å². The number of hydrogen-bond donors (Lipinski definition) is 3. The first-order valence-corrected chi connectivity index (χ1v) is 12.8. The summed E-state index contributed by atoms with van der Waals surface area (Å²) in [7, 11) is 1.54. The molecule has 0 spiro atoms. The number of pyridine rings is 1. The molecule has 0 fully saturated rings. The molecule has 1 heterocycles. The molecule has 9 heteroatoms. The average molecular weight is 537 g/mol. The van der Waals surface area contributed by atoms with E-state index in [9.17, 15) is 19.8 Å². The molecule has 0 unspecified atom stereocenters. The second-order valence-corrected chi connectivity index (χ2v) is 9.94. The number of thioether (sulfide) groups is 1. The van der Waals surface area contributed by atoms with Crippen molar-refractivity contribution < 1.29 is 24.5 Å². The van der Waals surface area contributed by atoms with Gasteiger partial charge >= 0.3 is 5.97 Å². The predicted molar refractivity (Wildman–Crippen MR) is 145 cm³/mol. The number of carbonyl (C=O) groups excluding carboxylic acids is 1. The van der Waals surface area contributed by atoms with Gasteiger partial charge in [0.1, 0.15) is 11.4 Å². The van der Waals surface area contributed by atoms with E-state index >= 15 is 0 Å². The van der Waals surface area contributed by atoms with Crippen LogP contribution in [0, 0.1) is 0 Å². The third-order valence-electron chi connectivity index (χ3n) is 5.68. The predicted octanol–water partition coefficient (Wildman–Crippen LogP) is 5.57. The van der Waals surface area contributed by atoms with Crippen molar-refractivity contribution in [2.24, 2.45) is 0 Å². The number of halogens is 1. The Morgan fingerprint density at radius 2 is 1.73 bits per heavy atom. The van der Waals surface area contributed by atoms with Crippen molar-refractivity contribution in [1.82, 2.24) is 10.3 Å². The third-order valence-corrected chi connectivity index (χ3v) is 7.01. The smallest absolute Gasteiger partial charge is 0.336 e. The Balaban J connectivity index is 1.54. The molecule has 0 saturated heterocycles. The van der Waals surface area contributed by atoms with Gasteiger partial charge in [-0.15, -0.1) is 11.8 Å². The van der Waals surface area contributed by atoms with Crippen molar-refractivity contribution in [2.75, 3.05) is 13.7 Å². The van der Waals surface area contributed by atoms with E-state index in [4.69, 9.17) is 16.3 Å². The van der Waals surface area contributed by atoms with E-state index in [1.807, 2.05) is 30.3 Å². The molecule has 1 amide bonds. The van der Waals surface area contributed by atoms with E-state index < -0.39 is 11.9 Å². The van der Waals surface area contributed by atoms with Crippen molar-refractivity contribution in [3.63, 3.8) is 0 Å². The Morgan fingerprint density at radius 1 is 1.03 bits per heavy atom. The van der Waals surface area contributed by atoms with Crippen molar-refractivity contribution in [2.45, 2.75) is 23.1 Å². The lowest BCUT2D eigenvalue weighted by Gasteiger charge is -2.18. The number of amides is 1. The van der Waals surface area contributed by atoms with E-state index in [2.05, 4.69) is 10.3 Å². The Hall–Kier alpha value is -3.59. The van der Waals surface area contributed by atoms with Gasteiger partial charge in [0.2, 0.25) is 0 Å². The van der Waals surface area contributed by atoms with Gasteiger partial charge in [0.15, 0.2) is 0 Å². The van der Waals surface area contributed by atoms with Crippen LogP contribution in [0.15, 0.2) is 77.7 Å². The maximum atomic E-state index is 13.1. The number of nitrogens with one attached hydrogen (secondary N) is 1. The molecule has 1 atom stereocenters. The Kier molecular flexibility index (Phi) is 8.66. The summed E-state index contributed by atoms with van der Waals surface area (Å²) in [6.07, 6.45) is 0.466. The van der Waals surface area contributed by atoms with Gasteiger partial charge in [-0.1, -0.05) is 29.8 Å². The number of nitrogens with zero attached hydrogens (tertiary/aromatic N) is 1. The Bertz CT molecular complexity index is 1410. The molecule has 4 rings (SSSR count). The molecule has 3 N–H and O–H groups in total. The zero-order valence-electron chi connectivity index (χ0n) is 20.0. The van der Waals surface area contributed by atoms with Gasteiger partial charge in [-0.3, -0.25) is 4.79 Å². The minimum atomic E-state index is -1.14. The van der Waals surface area contributed by atoms with Crippen LogP contribution in [-0.2, 0) is 16.9 Å². The van der Waals surface area contributed by atoms with Crippen molar-refractivity contribution >= 4 is 46.1 Å². The van der Waals surface area contributed by atoms with E-state index in [1.54, 1.807) is 48.2 Å². The number of aromatic nitrogens is 1. The van der Waals surface area contributed by atoms with Crippen LogP contribution in [0.3, 0.4) is 0 Å². The zero-order chi connectivity index (χ0) is 26.4. The van der Waals surface area contributed by atoms with Gasteiger partial charge in [0, 0.05) is 28.2 Å². The van der Waals surface area contributed by atoms with Gasteiger partial charge < -0.3 is 20.3 Å². The lowest BCUT2D eigenvalue weighted by atomic mass is 10.0. The highest BCUT2D eigenvalue weighted by molar-refractivity contribution is 7.98. The molecule has 0 bridgehead atoms. The van der Waals surface area contributed by atoms with E-state index in [1.165, 1.54) is 13.2 Å². The van der Waals surface area contributed by atoms with Crippen LogP contribution in [0.25, 0.3) is 10.9 Å². The number of carbonyl (C=O) groups is 2. The Morgan fingerprint density at radius 3 is 2.41 bits per heavy atom. The van der Waals surface area contributed by atoms with E-state index in [0.29, 0.717) is 28.1 Å². The molecule has 0 aliphatic rings. The van der Waals surface area contributed by atoms with Crippen LogP contribution in [0.4, 0.5) is 0 Å². The molecule has 0 aliphatic carbocycles. The number of aromatic carboxylic acids is 1.